The third kappa shape index (κ3) is 3.09. The van der Waals surface area contributed by atoms with Crippen molar-refractivity contribution < 1.29 is 8.83 Å². The summed E-state index contributed by atoms with van der Waals surface area (Å²) >= 11 is 6.07. The third-order valence-electron chi connectivity index (χ3n) is 4.43. The zero-order valence-corrected chi connectivity index (χ0v) is 15.5. The van der Waals surface area contributed by atoms with Gasteiger partial charge in [-0.15, -0.1) is 0 Å². The van der Waals surface area contributed by atoms with Crippen molar-refractivity contribution in [1.29, 1.82) is 0 Å². The Kier molecular flexibility index (Phi) is 4.21. The summed E-state index contributed by atoms with van der Waals surface area (Å²) in [4.78, 5) is 24.6. The predicted molar refractivity (Wildman–Crippen MR) is 108 cm³/mol. The van der Waals surface area contributed by atoms with Crippen LogP contribution in [0.2, 0.25) is 5.02 Å². The van der Waals surface area contributed by atoms with Crippen LogP contribution in [0.3, 0.4) is 0 Å². The van der Waals surface area contributed by atoms with Crippen LogP contribution in [0.15, 0.2) is 61.1 Å². The molecule has 0 saturated carbocycles. The molecule has 2 aromatic heterocycles. The summed E-state index contributed by atoms with van der Waals surface area (Å²) in [7, 11) is 0. The summed E-state index contributed by atoms with van der Waals surface area (Å²) in [5, 5.41) is 1.61. The van der Waals surface area contributed by atoms with Gasteiger partial charge in [-0.3, -0.25) is 4.79 Å². The minimum atomic E-state index is -0.438. The lowest BCUT2D eigenvalue weighted by Crippen LogP contribution is -2.04. The molecule has 0 amide bonds. The highest BCUT2D eigenvalue weighted by Gasteiger charge is 2.09. The molecule has 0 aliphatic rings. The third-order valence-corrected chi connectivity index (χ3v) is 4.72. The Morgan fingerprint density at radius 2 is 1.70 bits per heavy atom. The van der Waals surface area contributed by atoms with Gasteiger partial charge in [0.15, 0.2) is 11.0 Å². The molecule has 27 heavy (non-hydrogen) atoms. The first kappa shape index (κ1) is 17.3. The fraction of sp³-hybridized carbons (Fsp3) is 0.0909. The molecule has 0 aliphatic carbocycles. The molecule has 0 radical (unpaired) electrons. The lowest BCUT2D eigenvalue weighted by Gasteiger charge is -2.05. The minimum Gasteiger partial charge on any atom is -0.462 e. The van der Waals surface area contributed by atoms with Gasteiger partial charge >= 0.3 is 5.63 Å². The van der Waals surface area contributed by atoms with E-state index >= 15 is 0 Å². The Bertz CT molecular complexity index is 1340. The monoisotopic (exact) mass is 378 g/mol. The second-order valence-electron chi connectivity index (χ2n) is 6.45. The molecule has 134 valence electrons. The van der Waals surface area contributed by atoms with Gasteiger partial charge in [0, 0.05) is 11.5 Å². The summed E-state index contributed by atoms with van der Waals surface area (Å²) < 4.78 is 10.9. The van der Waals surface area contributed by atoms with Crippen LogP contribution in [-0.4, -0.2) is 0 Å². The number of para-hydroxylation sites is 1. The summed E-state index contributed by atoms with van der Waals surface area (Å²) in [5.41, 5.74) is 3.28. The molecule has 0 spiro atoms. The van der Waals surface area contributed by atoms with Crippen LogP contribution in [0.4, 0.5) is 0 Å². The molecule has 5 heteroatoms. The van der Waals surface area contributed by atoms with E-state index in [1.54, 1.807) is 30.4 Å². The molecule has 0 bridgehead atoms. The van der Waals surface area contributed by atoms with Gasteiger partial charge in [0.2, 0.25) is 0 Å². The van der Waals surface area contributed by atoms with Gasteiger partial charge in [0.25, 0.3) is 0 Å². The summed E-state index contributed by atoms with van der Waals surface area (Å²) in [6.45, 7) is 3.88. The Balaban J connectivity index is 1.89. The van der Waals surface area contributed by atoms with Crippen molar-refractivity contribution in [2.75, 3.05) is 0 Å². The first-order valence-electron chi connectivity index (χ1n) is 8.37. The molecule has 0 aliphatic heterocycles. The highest BCUT2D eigenvalue weighted by molar-refractivity contribution is 6.34. The lowest BCUT2D eigenvalue weighted by atomic mass is 10.0. The Morgan fingerprint density at radius 3 is 2.52 bits per heavy atom. The molecule has 4 rings (SSSR count). The molecule has 0 unspecified atom stereocenters. The van der Waals surface area contributed by atoms with Crippen molar-refractivity contribution >= 4 is 45.7 Å². The number of aryl methyl sites for hydroxylation is 2. The Labute approximate surface area is 159 Å². The standard InChI is InChI=1S/C22H15ClO4/c1-12-8-13(2)21-17(9-12)14(10-19(24)27-21)6-7-15-11-26-22-16(20(15)25)4-3-5-18(22)23/h3-11H,1-2H3. The van der Waals surface area contributed by atoms with E-state index in [1.165, 1.54) is 12.3 Å². The number of hydrogen-bond donors (Lipinski definition) is 0. The first-order valence-corrected chi connectivity index (χ1v) is 8.75. The van der Waals surface area contributed by atoms with Gasteiger partial charge in [-0.1, -0.05) is 29.8 Å². The van der Waals surface area contributed by atoms with Gasteiger partial charge in [0.05, 0.1) is 16.0 Å². The summed E-state index contributed by atoms with van der Waals surface area (Å²) in [6, 6.07) is 10.4. The number of halogens is 1. The van der Waals surface area contributed by atoms with Gasteiger partial charge in [-0.05, 0) is 54.8 Å². The fourth-order valence-corrected chi connectivity index (χ4v) is 3.43. The zero-order chi connectivity index (χ0) is 19.1. The maximum Gasteiger partial charge on any atom is 0.336 e. The molecule has 0 N–H and O–H groups in total. The Hall–Kier alpha value is -3.11. The minimum absolute atomic E-state index is 0.186. The van der Waals surface area contributed by atoms with Crippen molar-refractivity contribution in [3.63, 3.8) is 0 Å². The van der Waals surface area contributed by atoms with Gasteiger partial charge in [-0.2, -0.15) is 0 Å². The fourth-order valence-electron chi connectivity index (χ4n) is 3.21. The van der Waals surface area contributed by atoms with Crippen molar-refractivity contribution in [3.8, 4) is 0 Å². The average Bonchev–Trinajstić information content (AvgIpc) is 2.62. The normalized spacial score (nSPS) is 11.7. The SMILES string of the molecule is Cc1cc(C)c2oc(=O)cc(C=Cc3coc4c(Cl)cccc4c3=O)c2c1. The van der Waals surface area contributed by atoms with Crippen LogP contribution >= 0.6 is 11.6 Å². The maximum atomic E-state index is 12.7. The van der Waals surface area contributed by atoms with Crippen LogP contribution < -0.4 is 11.1 Å². The molecule has 4 aromatic rings. The maximum absolute atomic E-state index is 12.7. The molecular formula is C22H15ClO4. The van der Waals surface area contributed by atoms with Crippen LogP contribution in [-0.2, 0) is 0 Å². The van der Waals surface area contributed by atoms with E-state index in [1.807, 2.05) is 26.0 Å². The van der Waals surface area contributed by atoms with Crippen LogP contribution in [0.25, 0.3) is 34.1 Å². The molecule has 0 fully saturated rings. The quantitative estimate of drug-likeness (QED) is 0.442. The van der Waals surface area contributed by atoms with Crippen molar-refractivity contribution in [1.82, 2.24) is 0 Å². The number of hydrogen-bond acceptors (Lipinski definition) is 4. The molecule has 0 atom stereocenters. The van der Waals surface area contributed by atoms with Crippen molar-refractivity contribution in [2.45, 2.75) is 13.8 Å². The average molecular weight is 379 g/mol. The van der Waals surface area contributed by atoms with Gasteiger partial charge < -0.3 is 8.83 Å². The molecule has 2 heterocycles. The summed E-state index contributed by atoms with van der Waals surface area (Å²) in [5.74, 6) is 0. The van der Waals surface area contributed by atoms with E-state index in [2.05, 4.69) is 0 Å². The van der Waals surface area contributed by atoms with E-state index in [-0.39, 0.29) is 5.43 Å². The molecule has 0 saturated heterocycles. The number of benzene rings is 2. The summed E-state index contributed by atoms with van der Waals surface area (Å²) in [6.07, 6.45) is 4.73. The van der Waals surface area contributed by atoms with E-state index in [4.69, 9.17) is 20.4 Å². The largest absolute Gasteiger partial charge is 0.462 e. The van der Waals surface area contributed by atoms with Crippen LogP contribution in [0, 0.1) is 13.8 Å². The van der Waals surface area contributed by atoms with E-state index in [9.17, 15) is 9.59 Å². The van der Waals surface area contributed by atoms with E-state index < -0.39 is 5.63 Å². The topological polar surface area (TPSA) is 60.4 Å². The van der Waals surface area contributed by atoms with Crippen LogP contribution in [0.1, 0.15) is 22.3 Å². The molecule has 4 nitrogen and oxygen atoms in total. The predicted octanol–water partition coefficient (Wildman–Crippen LogP) is 5.34. The lowest BCUT2D eigenvalue weighted by molar-refractivity contribution is 0.558. The van der Waals surface area contributed by atoms with E-state index in [0.717, 1.165) is 16.5 Å². The second-order valence-corrected chi connectivity index (χ2v) is 6.86. The highest BCUT2D eigenvalue weighted by atomic mass is 35.5. The molecule has 2 aromatic carbocycles. The smallest absolute Gasteiger partial charge is 0.336 e. The number of rotatable bonds is 2. The van der Waals surface area contributed by atoms with Crippen LogP contribution in [0.5, 0.6) is 0 Å². The van der Waals surface area contributed by atoms with Gasteiger partial charge in [0.1, 0.15) is 11.8 Å². The second kappa shape index (κ2) is 6.56. The Morgan fingerprint density at radius 1 is 0.926 bits per heavy atom. The van der Waals surface area contributed by atoms with Crippen molar-refractivity contribution in [3.05, 3.63) is 90.6 Å². The highest BCUT2D eigenvalue weighted by Crippen LogP contribution is 2.25. The zero-order valence-electron chi connectivity index (χ0n) is 14.7. The first-order chi connectivity index (χ1) is 12.9. The van der Waals surface area contributed by atoms with E-state index in [0.29, 0.717) is 32.7 Å². The van der Waals surface area contributed by atoms with Gasteiger partial charge in [-0.25, -0.2) is 4.79 Å². The molecular weight excluding hydrogens is 364 g/mol. The number of fused-ring (bicyclic) bond motifs is 2. The van der Waals surface area contributed by atoms with Crippen molar-refractivity contribution in [2.24, 2.45) is 0 Å².